The molecule has 1 unspecified atom stereocenters. The molecule has 1 aliphatic heterocycles. The van der Waals surface area contributed by atoms with Crippen LogP contribution in [0.5, 0.6) is 0 Å². The van der Waals surface area contributed by atoms with Crippen molar-refractivity contribution in [2.45, 2.75) is 32.1 Å². The molecule has 6 nitrogen and oxygen atoms in total. The van der Waals surface area contributed by atoms with E-state index in [2.05, 4.69) is 4.98 Å². The molecule has 1 aliphatic carbocycles. The highest BCUT2D eigenvalue weighted by Gasteiger charge is 2.32. The number of nitrogens with zero attached hydrogens (tertiary/aromatic N) is 1. The smallest absolute Gasteiger partial charge is 0.308 e. The topological polar surface area (TPSA) is 90.5 Å². The molecular weight excluding hydrogens is 272 g/mol. The average Bonchev–Trinajstić information content (AvgIpc) is 2.96. The molecule has 21 heavy (non-hydrogen) atoms. The molecule has 2 N–H and O–H groups in total. The Balaban J connectivity index is 1.85. The summed E-state index contributed by atoms with van der Waals surface area (Å²) in [6.45, 7) is 0.580. The minimum atomic E-state index is -0.885. The molecule has 112 valence electrons. The van der Waals surface area contributed by atoms with Crippen LogP contribution in [0.15, 0.2) is 10.9 Å². The fourth-order valence-electron chi connectivity index (χ4n) is 3.15. The summed E-state index contributed by atoms with van der Waals surface area (Å²) in [5.74, 6) is -1.76. The number of aromatic amines is 1. The van der Waals surface area contributed by atoms with E-state index in [1.165, 1.54) is 4.90 Å². The molecule has 2 heterocycles. The van der Waals surface area contributed by atoms with E-state index in [1.54, 1.807) is 6.07 Å². The Morgan fingerprint density at radius 3 is 2.76 bits per heavy atom. The van der Waals surface area contributed by atoms with Crippen LogP contribution in [0.1, 0.15) is 40.9 Å². The molecule has 1 amide bonds. The Bertz CT molecular complexity index is 650. The Labute approximate surface area is 121 Å². The number of likely N-dealkylation sites (tertiary alicyclic amines) is 1. The maximum absolute atomic E-state index is 12.4. The Kier molecular flexibility index (Phi) is 3.53. The van der Waals surface area contributed by atoms with Crippen molar-refractivity contribution in [2.75, 3.05) is 13.1 Å². The number of pyridine rings is 1. The minimum Gasteiger partial charge on any atom is -0.481 e. The first kappa shape index (κ1) is 13.9. The van der Waals surface area contributed by atoms with Gasteiger partial charge in [-0.25, -0.2) is 0 Å². The van der Waals surface area contributed by atoms with Gasteiger partial charge in [0.2, 0.25) is 0 Å². The van der Waals surface area contributed by atoms with Gasteiger partial charge in [0, 0.05) is 18.8 Å². The Morgan fingerprint density at radius 2 is 2.05 bits per heavy atom. The van der Waals surface area contributed by atoms with Crippen LogP contribution in [0.2, 0.25) is 0 Å². The number of H-pyrrole nitrogens is 1. The third kappa shape index (κ3) is 2.57. The van der Waals surface area contributed by atoms with Gasteiger partial charge in [0.15, 0.2) is 0 Å². The number of carboxylic acids is 1. The number of hydrogen-bond acceptors (Lipinski definition) is 3. The molecule has 1 saturated heterocycles. The van der Waals surface area contributed by atoms with Gasteiger partial charge in [-0.1, -0.05) is 0 Å². The van der Waals surface area contributed by atoms with Crippen molar-refractivity contribution >= 4 is 11.9 Å². The molecule has 0 bridgehead atoms. The summed E-state index contributed by atoms with van der Waals surface area (Å²) in [6.07, 6.45) is 4.30. The Morgan fingerprint density at radius 1 is 1.29 bits per heavy atom. The van der Waals surface area contributed by atoms with Gasteiger partial charge in [-0.2, -0.15) is 0 Å². The van der Waals surface area contributed by atoms with Gasteiger partial charge in [-0.15, -0.1) is 0 Å². The summed E-state index contributed by atoms with van der Waals surface area (Å²) in [5.41, 5.74) is 1.76. The number of carbonyl (C=O) groups excluding carboxylic acids is 1. The van der Waals surface area contributed by atoms with Gasteiger partial charge in [0.25, 0.3) is 11.5 Å². The van der Waals surface area contributed by atoms with E-state index in [0.717, 1.165) is 36.9 Å². The molecule has 0 radical (unpaired) electrons. The molecule has 6 heteroatoms. The quantitative estimate of drug-likeness (QED) is 0.843. The maximum atomic E-state index is 12.4. The third-order valence-electron chi connectivity index (χ3n) is 4.39. The van der Waals surface area contributed by atoms with Crippen LogP contribution in [-0.4, -0.2) is 40.0 Å². The van der Waals surface area contributed by atoms with Gasteiger partial charge < -0.3 is 15.0 Å². The fourth-order valence-corrected chi connectivity index (χ4v) is 3.15. The van der Waals surface area contributed by atoms with Crippen molar-refractivity contribution in [2.24, 2.45) is 5.92 Å². The lowest BCUT2D eigenvalue weighted by atomic mass is 9.95. The molecule has 3 rings (SSSR count). The summed E-state index contributed by atoms with van der Waals surface area (Å²) < 4.78 is 0. The lowest BCUT2D eigenvalue weighted by Crippen LogP contribution is -2.34. The first-order valence-corrected chi connectivity index (χ1v) is 7.33. The first-order valence-electron chi connectivity index (χ1n) is 7.33. The second kappa shape index (κ2) is 5.35. The normalized spacial score (nSPS) is 21.1. The van der Waals surface area contributed by atoms with Gasteiger partial charge in [-0.05, 0) is 43.7 Å². The van der Waals surface area contributed by atoms with Gasteiger partial charge in [0.1, 0.15) is 5.56 Å². The van der Waals surface area contributed by atoms with Gasteiger partial charge >= 0.3 is 5.97 Å². The number of amides is 1. The van der Waals surface area contributed by atoms with Crippen LogP contribution in [0.25, 0.3) is 0 Å². The molecule has 0 spiro atoms. The largest absolute Gasteiger partial charge is 0.481 e. The summed E-state index contributed by atoms with van der Waals surface area (Å²) in [5, 5.41) is 8.99. The van der Waals surface area contributed by atoms with E-state index in [-0.39, 0.29) is 23.6 Å². The van der Waals surface area contributed by atoms with Crippen LogP contribution in [0.4, 0.5) is 0 Å². The van der Waals surface area contributed by atoms with E-state index >= 15 is 0 Å². The molecule has 0 saturated carbocycles. The van der Waals surface area contributed by atoms with Crippen LogP contribution >= 0.6 is 0 Å². The standard InChI is InChI=1S/C15H18N2O4/c18-13-11(7-9-3-1-2-4-12(9)16-13)14(19)17-6-5-10(8-17)15(20)21/h7,10H,1-6,8H2,(H,16,18)(H,20,21). The van der Waals surface area contributed by atoms with Crippen molar-refractivity contribution in [1.29, 1.82) is 0 Å². The molecule has 1 fully saturated rings. The molecular formula is C15H18N2O4. The zero-order valence-electron chi connectivity index (χ0n) is 11.7. The maximum Gasteiger partial charge on any atom is 0.308 e. The summed E-state index contributed by atoms with van der Waals surface area (Å²) in [4.78, 5) is 39.8. The monoisotopic (exact) mass is 290 g/mol. The second-order valence-electron chi connectivity index (χ2n) is 5.80. The van der Waals surface area contributed by atoms with E-state index in [4.69, 9.17) is 5.11 Å². The van der Waals surface area contributed by atoms with E-state index in [0.29, 0.717) is 13.0 Å². The lowest BCUT2D eigenvalue weighted by molar-refractivity contribution is -0.141. The third-order valence-corrected chi connectivity index (χ3v) is 4.39. The fraction of sp³-hybridized carbons (Fsp3) is 0.533. The van der Waals surface area contributed by atoms with Crippen molar-refractivity contribution in [3.8, 4) is 0 Å². The molecule has 1 aromatic rings. The zero-order chi connectivity index (χ0) is 15.0. The van der Waals surface area contributed by atoms with Gasteiger partial charge in [-0.3, -0.25) is 14.4 Å². The predicted molar refractivity (Wildman–Crippen MR) is 75.4 cm³/mol. The first-order chi connectivity index (χ1) is 10.1. The second-order valence-corrected chi connectivity index (χ2v) is 5.80. The van der Waals surface area contributed by atoms with Crippen molar-refractivity contribution in [3.05, 3.63) is 33.2 Å². The van der Waals surface area contributed by atoms with Crippen LogP contribution < -0.4 is 5.56 Å². The minimum absolute atomic E-state index is 0.140. The van der Waals surface area contributed by atoms with Crippen molar-refractivity contribution in [3.63, 3.8) is 0 Å². The summed E-state index contributed by atoms with van der Waals surface area (Å²) in [6, 6.07) is 1.70. The number of hydrogen-bond donors (Lipinski definition) is 2. The van der Waals surface area contributed by atoms with E-state index in [1.807, 2.05) is 0 Å². The number of aliphatic carboxylic acids is 1. The molecule has 1 aromatic heterocycles. The SMILES string of the molecule is O=C(O)C1CCN(C(=O)c2cc3c([nH]c2=O)CCCC3)C1. The van der Waals surface area contributed by atoms with E-state index < -0.39 is 11.9 Å². The highest BCUT2D eigenvalue weighted by atomic mass is 16.4. The zero-order valence-corrected chi connectivity index (χ0v) is 11.7. The number of fused-ring (bicyclic) bond motifs is 1. The number of carboxylic acid groups (broad SMARTS) is 1. The van der Waals surface area contributed by atoms with Gasteiger partial charge in [0.05, 0.1) is 5.92 Å². The molecule has 2 aliphatic rings. The van der Waals surface area contributed by atoms with Crippen molar-refractivity contribution in [1.82, 2.24) is 9.88 Å². The number of carbonyl (C=O) groups is 2. The van der Waals surface area contributed by atoms with Crippen LogP contribution in [-0.2, 0) is 17.6 Å². The average molecular weight is 290 g/mol. The number of aromatic nitrogens is 1. The summed E-state index contributed by atoms with van der Waals surface area (Å²) >= 11 is 0. The summed E-state index contributed by atoms with van der Waals surface area (Å²) in [7, 11) is 0. The highest BCUT2D eigenvalue weighted by Crippen LogP contribution is 2.21. The van der Waals surface area contributed by atoms with Crippen LogP contribution in [0.3, 0.4) is 0 Å². The van der Waals surface area contributed by atoms with Crippen molar-refractivity contribution < 1.29 is 14.7 Å². The lowest BCUT2D eigenvalue weighted by Gasteiger charge is -2.19. The molecule has 0 aromatic carbocycles. The Hall–Kier alpha value is -2.11. The predicted octanol–water partition coefficient (Wildman–Crippen LogP) is 0.800. The number of rotatable bonds is 2. The number of nitrogens with one attached hydrogen (secondary N) is 1. The number of aryl methyl sites for hydroxylation is 2. The van der Waals surface area contributed by atoms with Crippen LogP contribution in [0, 0.1) is 5.92 Å². The highest BCUT2D eigenvalue weighted by molar-refractivity contribution is 5.94. The van der Waals surface area contributed by atoms with E-state index in [9.17, 15) is 14.4 Å². The molecule has 1 atom stereocenters.